The second-order valence-electron chi connectivity index (χ2n) is 5.62. The van der Waals surface area contributed by atoms with Crippen molar-refractivity contribution in [3.63, 3.8) is 0 Å². The van der Waals surface area contributed by atoms with Crippen LogP contribution in [0.15, 0.2) is 6.07 Å². The normalized spacial score (nSPS) is 13.2. The lowest BCUT2D eigenvalue weighted by Gasteiger charge is -2.17. The Labute approximate surface area is 112 Å². The predicted octanol–water partition coefficient (Wildman–Crippen LogP) is 3.03. The molecule has 0 aliphatic carbocycles. The Hall–Kier alpha value is -0.830. The second-order valence-corrected chi connectivity index (χ2v) is 5.62. The summed E-state index contributed by atoms with van der Waals surface area (Å²) in [4.78, 5) is 0. The lowest BCUT2D eigenvalue weighted by atomic mass is 9.99. The van der Waals surface area contributed by atoms with Gasteiger partial charge in [0.05, 0.1) is 5.69 Å². The van der Waals surface area contributed by atoms with Crippen LogP contribution in [-0.4, -0.2) is 22.9 Å². The van der Waals surface area contributed by atoms with Crippen LogP contribution in [0.1, 0.15) is 45.5 Å². The smallest absolute Gasteiger partial charge is 0.0596 e. The quantitative estimate of drug-likeness (QED) is 0.769. The molecule has 3 nitrogen and oxygen atoms in total. The fraction of sp³-hybridized carbons (Fsp3) is 0.800. The summed E-state index contributed by atoms with van der Waals surface area (Å²) in [6.45, 7) is 14.2. The summed E-state index contributed by atoms with van der Waals surface area (Å²) >= 11 is 0. The van der Waals surface area contributed by atoms with Crippen molar-refractivity contribution in [1.82, 2.24) is 15.1 Å². The zero-order valence-corrected chi connectivity index (χ0v) is 12.7. The third-order valence-electron chi connectivity index (χ3n) is 3.35. The van der Waals surface area contributed by atoms with Crippen molar-refractivity contribution in [2.24, 2.45) is 11.8 Å². The van der Waals surface area contributed by atoms with Gasteiger partial charge in [0.1, 0.15) is 0 Å². The van der Waals surface area contributed by atoms with E-state index in [9.17, 15) is 0 Å². The standard InChI is InChI=1S/C15H29N3/c1-6-14(11-16-10-12(3)4)9-15-8-13(5)17-18(15)7-2/h8,12,14,16H,6-7,9-11H2,1-5H3. The molecule has 0 aromatic carbocycles. The first-order chi connectivity index (χ1) is 8.56. The third kappa shape index (κ3) is 4.81. The van der Waals surface area contributed by atoms with Crippen LogP contribution in [0.3, 0.4) is 0 Å². The number of nitrogens with one attached hydrogen (secondary N) is 1. The summed E-state index contributed by atoms with van der Waals surface area (Å²) in [5.74, 6) is 1.44. The first kappa shape index (κ1) is 15.2. The molecule has 0 saturated heterocycles. The molecule has 1 rings (SSSR count). The lowest BCUT2D eigenvalue weighted by Crippen LogP contribution is -2.27. The molecule has 1 aromatic heterocycles. The number of aromatic nitrogens is 2. The molecule has 0 amide bonds. The predicted molar refractivity (Wildman–Crippen MR) is 77.8 cm³/mol. The van der Waals surface area contributed by atoms with Crippen molar-refractivity contribution >= 4 is 0 Å². The van der Waals surface area contributed by atoms with E-state index in [1.807, 2.05) is 0 Å². The maximum atomic E-state index is 4.52. The molecule has 1 heterocycles. The molecular weight excluding hydrogens is 222 g/mol. The topological polar surface area (TPSA) is 29.9 Å². The fourth-order valence-electron chi connectivity index (χ4n) is 2.27. The van der Waals surface area contributed by atoms with Crippen molar-refractivity contribution < 1.29 is 0 Å². The molecule has 0 fully saturated rings. The maximum Gasteiger partial charge on any atom is 0.0596 e. The molecule has 1 N–H and O–H groups in total. The minimum atomic E-state index is 0.713. The van der Waals surface area contributed by atoms with Gasteiger partial charge < -0.3 is 5.32 Å². The van der Waals surface area contributed by atoms with Crippen LogP contribution in [0.4, 0.5) is 0 Å². The number of rotatable bonds is 8. The Kier molecular flexibility index (Phi) is 6.41. The number of hydrogen-bond acceptors (Lipinski definition) is 2. The van der Waals surface area contributed by atoms with Gasteiger partial charge in [-0.25, -0.2) is 0 Å². The summed E-state index contributed by atoms with van der Waals surface area (Å²) in [5, 5.41) is 8.09. The summed E-state index contributed by atoms with van der Waals surface area (Å²) in [7, 11) is 0. The van der Waals surface area contributed by atoms with Crippen LogP contribution in [-0.2, 0) is 13.0 Å². The summed E-state index contributed by atoms with van der Waals surface area (Å²) in [6, 6.07) is 2.23. The molecule has 0 bridgehead atoms. The third-order valence-corrected chi connectivity index (χ3v) is 3.35. The Balaban J connectivity index is 2.51. The van der Waals surface area contributed by atoms with Crippen LogP contribution < -0.4 is 5.32 Å². The van der Waals surface area contributed by atoms with Crippen LogP contribution in [0.5, 0.6) is 0 Å². The van der Waals surface area contributed by atoms with E-state index >= 15 is 0 Å². The number of aryl methyl sites for hydroxylation is 2. The van der Waals surface area contributed by atoms with Crippen LogP contribution in [0.25, 0.3) is 0 Å². The van der Waals surface area contributed by atoms with Crippen molar-refractivity contribution in [3.8, 4) is 0 Å². The summed E-state index contributed by atoms with van der Waals surface area (Å²) in [5.41, 5.74) is 2.52. The highest BCUT2D eigenvalue weighted by Crippen LogP contribution is 2.13. The number of nitrogens with zero attached hydrogens (tertiary/aromatic N) is 2. The Morgan fingerprint density at radius 2 is 2.00 bits per heavy atom. The van der Waals surface area contributed by atoms with E-state index in [2.05, 4.69) is 55.8 Å². The van der Waals surface area contributed by atoms with E-state index in [0.717, 1.165) is 37.7 Å². The molecule has 0 saturated carbocycles. The van der Waals surface area contributed by atoms with Gasteiger partial charge in [-0.3, -0.25) is 4.68 Å². The molecule has 0 spiro atoms. The van der Waals surface area contributed by atoms with Gasteiger partial charge in [0, 0.05) is 12.2 Å². The number of hydrogen-bond donors (Lipinski definition) is 1. The van der Waals surface area contributed by atoms with Crippen molar-refractivity contribution in [2.45, 2.75) is 54.0 Å². The molecule has 18 heavy (non-hydrogen) atoms. The molecule has 1 aromatic rings. The minimum Gasteiger partial charge on any atom is -0.316 e. The average molecular weight is 251 g/mol. The van der Waals surface area contributed by atoms with E-state index in [0.29, 0.717) is 5.92 Å². The van der Waals surface area contributed by atoms with Crippen LogP contribution in [0.2, 0.25) is 0 Å². The lowest BCUT2D eigenvalue weighted by molar-refractivity contribution is 0.425. The van der Waals surface area contributed by atoms with E-state index in [1.54, 1.807) is 0 Å². The average Bonchev–Trinajstić information content (AvgIpc) is 2.67. The van der Waals surface area contributed by atoms with Crippen molar-refractivity contribution in [1.29, 1.82) is 0 Å². The van der Waals surface area contributed by atoms with Gasteiger partial charge in [-0.1, -0.05) is 27.2 Å². The highest BCUT2D eigenvalue weighted by molar-refractivity contribution is 5.09. The maximum absolute atomic E-state index is 4.52. The Bertz CT molecular complexity index is 342. The van der Waals surface area contributed by atoms with Gasteiger partial charge in [0.2, 0.25) is 0 Å². The monoisotopic (exact) mass is 251 g/mol. The molecule has 1 atom stereocenters. The van der Waals surface area contributed by atoms with E-state index in [4.69, 9.17) is 0 Å². The molecule has 104 valence electrons. The molecule has 0 aliphatic rings. The molecule has 3 heteroatoms. The van der Waals surface area contributed by atoms with Crippen molar-refractivity contribution in [3.05, 3.63) is 17.5 Å². The first-order valence-electron chi connectivity index (χ1n) is 7.30. The summed E-state index contributed by atoms with van der Waals surface area (Å²) < 4.78 is 2.14. The van der Waals surface area contributed by atoms with E-state index < -0.39 is 0 Å². The fourth-order valence-corrected chi connectivity index (χ4v) is 2.27. The van der Waals surface area contributed by atoms with Gasteiger partial charge in [-0.2, -0.15) is 5.10 Å². The minimum absolute atomic E-state index is 0.713. The zero-order valence-electron chi connectivity index (χ0n) is 12.7. The Morgan fingerprint density at radius 1 is 1.28 bits per heavy atom. The Morgan fingerprint density at radius 3 is 2.56 bits per heavy atom. The van der Waals surface area contributed by atoms with Gasteiger partial charge >= 0.3 is 0 Å². The highest BCUT2D eigenvalue weighted by Gasteiger charge is 2.11. The molecule has 0 radical (unpaired) electrons. The van der Waals surface area contributed by atoms with Gasteiger partial charge in [0.25, 0.3) is 0 Å². The summed E-state index contributed by atoms with van der Waals surface area (Å²) in [6.07, 6.45) is 2.36. The van der Waals surface area contributed by atoms with Crippen LogP contribution in [0, 0.1) is 18.8 Å². The van der Waals surface area contributed by atoms with E-state index in [-0.39, 0.29) is 0 Å². The highest BCUT2D eigenvalue weighted by atomic mass is 15.3. The van der Waals surface area contributed by atoms with Gasteiger partial charge in [0.15, 0.2) is 0 Å². The first-order valence-corrected chi connectivity index (χ1v) is 7.30. The largest absolute Gasteiger partial charge is 0.316 e. The zero-order chi connectivity index (χ0) is 13.5. The molecular formula is C15H29N3. The molecule has 1 unspecified atom stereocenters. The van der Waals surface area contributed by atoms with E-state index in [1.165, 1.54) is 12.1 Å². The molecule has 0 aliphatic heterocycles. The van der Waals surface area contributed by atoms with Gasteiger partial charge in [-0.05, 0) is 51.3 Å². The van der Waals surface area contributed by atoms with Crippen molar-refractivity contribution in [2.75, 3.05) is 13.1 Å². The van der Waals surface area contributed by atoms with Gasteiger partial charge in [-0.15, -0.1) is 0 Å². The SMILES string of the molecule is CCC(CNCC(C)C)Cc1cc(C)nn1CC. The second kappa shape index (κ2) is 7.57. The van der Waals surface area contributed by atoms with Crippen LogP contribution >= 0.6 is 0 Å².